The van der Waals surface area contributed by atoms with Crippen LogP contribution in [0.5, 0.6) is 0 Å². The summed E-state index contributed by atoms with van der Waals surface area (Å²) >= 11 is 0. The van der Waals surface area contributed by atoms with Crippen LogP contribution in [0.1, 0.15) is 30.0 Å². The molecule has 0 radical (unpaired) electrons. The number of anilines is 1. The molecule has 0 saturated heterocycles. The van der Waals surface area contributed by atoms with Crippen molar-refractivity contribution in [3.8, 4) is 6.07 Å². The first-order valence-electron chi connectivity index (χ1n) is 7.09. The predicted octanol–water partition coefficient (Wildman–Crippen LogP) is 3.69. The molecule has 21 heavy (non-hydrogen) atoms. The van der Waals surface area contributed by atoms with E-state index in [1.807, 2.05) is 0 Å². The van der Waals surface area contributed by atoms with Crippen LogP contribution in [0.25, 0.3) is 0 Å². The third kappa shape index (κ3) is 4.47. The van der Waals surface area contributed by atoms with Gasteiger partial charge in [-0.3, -0.25) is 4.79 Å². The van der Waals surface area contributed by atoms with Crippen molar-refractivity contribution in [3.05, 3.63) is 65.2 Å². The van der Waals surface area contributed by atoms with E-state index in [4.69, 9.17) is 5.26 Å². The Morgan fingerprint density at radius 1 is 1.14 bits per heavy atom. The highest BCUT2D eigenvalue weighted by atomic mass is 16.1. The minimum absolute atomic E-state index is 0.0374. The van der Waals surface area contributed by atoms with E-state index in [2.05, 4.69) is 42.6 Å². The zero-order valence-corrected chi connectivity index (χ0v) is 12.1. The molecular formula is C18H18N2O. The minimum atomic E-state index is -0.0374. The fourth-order valence-corrected chi connectivity index (χ4v) is 2.09. The topological polar surface area (TPSA) is 52.9 Å². The van der Waals surface area contributed by atoms with Crippen molar-refractivity contribution < 1.29 is 4.79 Å². The van der Waals surface area contributed by atoms with Crippen LogP contribution in [-0.2, 0) is 17.6 Å². The average Bonchev–Trinajstić information content (AvgIpc) is 2.53. The van der Waals surface area contributed by atoms with Crippen LogP contribution in [-0.4, -0.2) is 5.91 Å². The summed E-state index contributed by atoms with van der Waals surface area (Å²) in [5.74, 6) is -0.0374. The van der Waals surface area contributed by atoms with Gasteiger partial charge in [0.25, 0.3) is 0 Å². The van der Waals surface area contributed by atoms with Gasteiger partial charge >= 0.3 is 0 Å². The standard InChI is InChI=1S/C18H18N2O/c1-2-14-6-8-15(9-7-14)10-11-18(21)20-17-5-3-4-16(12-17)13-19/h3-9,12H,2,10-11H2,1H3,(H,20,21). The molecule has 3 nitrogen and oxygen atoms in total. The number of hydrogen-bond donors (Lipinski definition) is 1. The van der Waals surface area contributed by atoms with Crippen LogP contribution in [0, 0.1) is 11.3 Å². The summed E-state index contributed by atoms with van der Waals surface area (Å²) in [5, 5.41) is 11.6. The molecule has 0 bridgehead atoms. The van der Waals surface area contributed by atoms with Crippen molar-refractivity contribution in [3.63, 3.8) is 0 Å². The first kappa shape index (κ1) is 14.8. The fraction of sp³-hybridized carbons (Fsp3) is 0.222. The van der Waals surface area contributed by atoms with Crippen LogP contribution < -0.4 is 5.32 Å². The lowest BCUT2D eigenvalue weighted by molar-refractivity contribution is -0.116. The normalized spacial score (nSPS) is 9.90. The third-order valence-corrected chi connectivity index (χ3v) is 3.35. The van der Waals surface area contributed by atoms with Gasteiger partial charge in [-0.1, -0.05) is 37.3 Å². The Morgan fingerprint density at radius 2 is 1.86 bits per heavy atom. The number of benzene rings is 2. The van der Waals surface area contributed by atoms with Crippen LogP contribution in [0.4, 0.5) is 5.69 Å². The van der Waals surface area contributed by atoms with E-state index in [0.29, 0.717) is 24.1 Å². The van der Waals surface area contributed by atoms with Crippen LogP contribution in [0.2, 0.25) is 0 Å². The number of nitriles is 1. The van der Waals surface area contributed by atoms with E-state index in [-0.39, 0.29) is 5.91 Å². The summed E-state index contributed by atoms with van der Waals surface area (Å²) < 4.78 is 0. The maximum Gasteiger partial charge on any atom is 0.224 e. The van der Waals surface area contributed by atoms with E-state index in [9.17, 15) is 4.79 Å². The lowest BCUT2D eigenvalue weighted by Crippen LogP contribution is -2.12. The third-order valence-electron chi connectivity index (χ3n) is 3.35. The number of aryl methyl sites for hydroxylation is 2. The van der Waals surface area contributed by atoms with Gasteiger partial charge in [0.05, 0.1) is 11.6 Å². The lowest BCUT2D eigenvalue weighted by atomic mass is 10.1. The highest BCUT2D eigenvalue weighted by Crippen LogP contribution is 2.11. The van der Waals surface area contributed by atoms with E-state index in [1.54, 1.807) is 24.3 Å². The Balaban J connectivity index is 1.88. The Hall–Kier alpha value is -2.60. The highest BCUT2D eigenvalue weighted by molar-refractivity contribution is 5.91. The number of amides is 1. The van der Waals surface area contributed by atoms with Crippen molar-refractivity contribution >= 4 is 11.6 Å². The van der Waals surface area contributed by atoms with E-state index >= 15 is 0 Å². The summed E-state index contributed by atoms with van der Waals surface area (Å²) in [6.45, 7) is 2.12. The number of carbonyl (C=O) groups is 1. The molecule has 0 fully saturated rings. The quantitative estimate of drug-likeness (QED) is 0.906. The number of nitrogens with one attached hydrogen (secondary N) is 1. The van der Waals surface area contributed by atoms with Crippen molar-refractivity contribution in [1.82, 2.24) is 0 Å². The number of rotatable bonds is 5. The SMILES string of the molecule is CCc1ccc(CCC(=O)Nc2cccc(C#N)c2)cc1. The van der Waals surface area contributed by atoms with E-state index in [0.717, 1.165) is 12.0 Å². The molecule has 1 amide bonds. The van der Waals surface area contributed by atoms with Crippen LogP contribution in [0.3, 0.4) is 0 Å². The Morgan fingerprint density at radius 3 is 2.52 bits per heavy atom. The highest BCUT2D eigenvalue weighted by Gasteiger charge is 2.04. The summed E-state index contributed by atoms with van der Waals surface area (Å²) in [5.41, 5.74) is 3.67. The summed E-state index contributed by atoms with van der Waals surface area (Å²) in [4.78, 5) is 11.9. The first-order chi connectivity index (χ1) is 10.2. The van der Waals surface area contributed by atoms with Gasteiger partial charge in [0, 0.05) is 12.1 Å². The van der Waals surface area contributed by atoms with Gasteiger partial charge < -0.3 is 5.32 Å². The first-order valence-corrected chi connectivity index (χ1v) is 7.09. The molecule has 2 aromatic carbocycles. The van der Waals surface area contributed by atoms with Gasteiger partial charge in [0.1, 0.15) is 0 Å². The van der Waals surface area contributed by atoms with Gasteiger partial charge in [-0.05, 0) is 42.2 Å². The second-order valence-electron chi connectivity index (χ2n) is 4.91. The molecule has 2 rings (SSSR count). The Labute approximate surface area is 125 Å². The smallest absolute Gasteiger partial charge is 0.224 e. The molecule has 0 saturated carbocycles. The molecule has 106 valence electrons. The molecule has 2 aromatic rings. The van der Waals surface area contributed by atoms with Crippen LogP contribution >= 0.6 is 0 Å². The largest absolute Gasteiger partial charge is 0.326 e. The Kier molecular flexibility index (Phi) is 5.11. The van der Waals surface area contributed by atoms with Gasteiger partial charge in [-0.2, -0.15) is 5.26 Å². The molecule has 3 heteroatoms. The van der Waals surface area contributed by atoms with E-state index in [1.165, 1.54) is 5.56 Å². The van der Waals surface area contributed by atoms with Crippen molar-refractivity contribution in [2.24, 2.45) is 0 Å². The summed E-state index contributed by atoms with van der Waals surface area (Å²) in [6.07, 6.45) is 2.17. The monoisotopic (exact) mass is 278 g/mol. The Bertz CT molecular complexity index is 654. The maximum absolute atomic E-state index is 11.9. The molecule has 0 atom stereocenters. The molecule has 0 aliphatic carbocycles. The number of hydrogen-bond acceptors (Lipinski definition) is 2. The molecule has 0 heterocycles. The zero-order valence-electron chi connectivity index (χ0n) is 12.1. The molecular weight excluding hydrogens is 260 g/mol. The van der Waals surface area contributed by atoms with Gasteiger partial charge in [-0.15, -0.1) is 0 Å². The molecule has 0 aliphatic heterocycles. The zero-order chi connectivity index (χ0) is 15.1. The molecule has 0 aromatic heterocycles. The molecule has 1 N–H and O–H groups in total. The second kappa shape index (κ2) is 7.25. The predicted molar refractivity (Wildman–Crippen MR) is 83.9 cm³/mol. The summed E-state index contributed by atoms with van der Waals surface area (Å²) in [7, 11) is 0. The number of nitrogens with zero attached hydrogens (tertiary/aromatic N) is 1. The number of carbonyl (C=O) groups excluding carboxylic acids is 1. The van der Waals surface area contributed by atoms with E-state index < -0.39 is 0 Å². The van der Waals surface area contributed by atoms with Gasteiger partial charge in [0.15, 0.2) is 0 Å². The summed E-state index contributed by atoms with van der Waals surface area (Å²) in [6, 6.07) is 17.3. The van der Waals surface area contributed by atoms with Gasteiger partial charge in [-0.25, -0.2) is 0 Å². The minimum Gasteiger partial charge on any atom is -0.326 e. The van der Waals surface area contributed by atoms with Crippen molar-refractivity contribution in [2.75, 3.05) is 5.32 Å². The second-order valence-corrected chi connectivity index (χ2v) is 4.91. The average molecular weight is 278 g/mol. The van der Waals surface area contributed by atoms with Crippen LogP contribution in [0.15, 0.2) is 48.5 Å². The fourth-order valence-electron chi connectivity index (χ4n) is 2.09. The van der Waals surface area contributed by atoms with Crippen molar-refractivity contribution in [1.29, 1.82) is 5.26 Å². The maximum atomic E-state index is 11.9. The van der Waals surface area contributed by atoms with Crippen molar-refractivity contribution in [2.45, 2.75) is 26.2 Å². The molecule has 0 aliphatic rings. The van der Waals surface area contributed by atoms with Gasteiger partial charge in [0.2, 0.25) is 5.91 Å². The molecule has 0 spiro atoms. The molecule has 0 unspecified atom stereocenters. The lowest BCUT2D eigenvalue weighted by Gasteiger charge is -2.06.